The van der Waals surface area contributed by atoms with Gasteiger partial charge in [-0.05, 0) is 24.2 Å². The van der Waals surface area contributed by atoms with Gasteiger partial charge in [-0.15, -0.1) is 0 Å². The van der Waals surface area contributed by atoms with E-state index in [1.54, 1.807) is 0 Å². The van der Waals surface area contributed by atoms with Gasteiger partial charge in [-0.1, -0.05) is 33.8 Å². The summed E-state index contributed by atoms with van der Waals surface area (Å²) in [6, 6.07) is 6.68. The minimum absolute atomic E-state index is 0.277. The highest BCUT2D eigenvalue weighted by Crippen LogP contribution is 2.34. The standard InChI is InChI=1S/C17H27NO2S/c1-5-18-14(12-21-17(2,3)4)13-7-8-15-16(11-13)20-10-6-9-19-15/h7-8,11,14,18H,5-6,9-10,12H2,1-4H3. The van der Waals surface area contributed by atoms with Crippen molar-refractivity contribution in [2.45, 2.75) is 44.9 Å². The lowest BCUT2D eigenvalue weighted by molar-refractivity contribution is 0.297. The maximum atomic E-state index is 5.80. The summed E-state index contributed by atoms with van der Waals surface area (Å²) in [5.41, 5.74) is 1.28. The van der Waals surface area contributed by atoms with E-state index in [4.69, 9.17) is 9.47 Å². The van der Waals surface area contributed by atoms with E-state index >= 15 is 0 Å². The lowest BCUT2D eigenvalue weighted by atomic mass is 10.1. The first-order valence-electron chi connectivity index (χ1n) is 7.76. The molecule has 1 heterocycles. The van der Waals surface area contributed by atoms with Gasteiger partial charge in [0, 0.05) is 23.0 Å². The molecular weight excluding hydrogens is 282 g/mol. The molecule has 1 aliphatic heterocycles. The first-order chi connectivity index (χ1) is 9.99. The van der Waals surface area contributed by atoms with Crippen molar-refractivity contribution in [2.75, 3.05) is 25.5 Å². The molecule has 1 aromatic rings. The lowest BCUT2D eigenvalue weighted by Crippen LogP contribution is -2.25. The van der Waals surface area contributed by atoms with E-state index in [0.29, 0.717) is 6.04 Å². The van der Waals surface area contributed by atoms with Crippen molar-refractivity contribution in [1.82, 2.24) is 5.32 Å². The summed E-state index contributed by atoms with van der Waals surface area (Å²) in [6.07, 6.45) is 0.945. The summed E-state index contributed by atoms with van der Waals surface area (Å²) in [5.74, 6) is 2.81. The summed E-state index contributed by atoms with van der Waals surface area (Å²) < 4.78 is 11.8. The van der Waals surface area contributed by atoms with E-state index in [-0.39, 0.29) is 4.75 Å². The Labute approximate surface area is 132 Å². The molecule has 1 N–H and O–H groups in total. The second-order valence-electron chi connectivity index (χ2n) is 6.29. The zero-order valence-corrected chi connectivity index (χ0v) is 14.4. The van der Waals surface area contributed by atoms with Crippen LogP contribution in [0.4, 0.5) is 0 Å². The molecule has 0 aliphatic carbocycles. The van der Waals surface area contributed by atoms with Crippen LogP contribution < -0.4 is 14.8 Å². The van der Waals surface area contributed by atoms with Gasteiger partial charge in [-0.25, -0.2) is 0 Å². The van der Waals surface area contributed by atoms with Gasteiger partial charge in [-0.3, -0.25) is 0 Å². The summed E-state index contributed by atoms with van der Waals surface area (Å²) in [4.78, 5) is 0. The van der Waals surface area contributed by atoms with Crippen molar-refractivity contribution in [1.29, 1.82) is 0 Å². The molecule has 0 bridgehead atoms. The molecule has 0 saturated heterocycles. The summed E-state index contributed by atoms with van der Waals surface area (Å²) >= 11 is 1.98. The number of ether oxygens (including phenoxy) is 2. The van der Waals surface area contributed by atoms with E-state index in [9.17, 15) is 0 Å². The van der Waals surface area contributed by atoms with Crippen LogP contribution in [0.1, 0.15) is 45.7 Å². The highest BCUT2D eigenvalue weighted by atomic mass is 32.2. The average molecular weight is 309 g/mol. The van der Waals surface area contributed by atoms with E-state index in [1.165, 1.54) is 5.56 Å². The van der Waals surface area contributed by atoms with Crippen LogP contribution in [-0.4, -0.2) is 30.3 Å². The molecule has 3 nitrogen and oxygen atoms in total. The molecule has 0 amide bonds. The predicted octanol–water partition coefficient (Wildman–Crippen LogP) is 4.03. The predicted molar refractivity (Wildman–Crippen MR) is 90.7 cm³/mol. The number of nitrogens with one attached hydrogen (secondary N) is 1. The molecule has 21 heavy (non-hydrogen) atoms. The molecule has 4 heteroatoms. The molecule has 118 valence electrons. The van der Waals surface area contributed by atoms with Gasteiger partial charge in [0.15, 0.2) is 11.5 Å². The second-order valence-corrected chi connectivity index (χ2v) is 8.14. The monoisotopic (exact) mass is 309 g/mol. The SMILES string of the molecule is CCNC(CSC(C)(C)C)c1ccc2c(c1)OCCCO2. The molecule has 1 unspecified atom stereocenters. The number of rotatable bonds is 5. The van der Waals surface area contributed by atoms with E-state index in [2.05, 4.69) is 45.1 Å². The summed E-state index contributed by atoms with van der Waals surface area (Å²) in [6.45, 7) is 11.4. The number of hydrogen-bond acceptors (Lipinski definition) is 4. The molecule has 1 aliphatic rings. The Morgan fingerprint density at radius 2 is 1.90 bits per heavy atom. The number of fused-ring (bicyclic) bond motifs is 1. The Morgan fingerprint density at radius 1 is 1.19 bits per heavy atom. The maximum Gasteiger partial charge on any atom is 0.161 e. The van der Waals surface area contributed by atoms with Gasteiger partial charge in [-0.2, -0.15) is 11.8 Å². The largest absolute Gasteiger partial charge is 0.490 e. The van der Waals surface area contributed by atoms with Gasteiger partial charge < -0.3 is 14.8 Å². The van der Waals surface area contributed by atoms with Gasteiger partial charge in [0.25, 0.3) is 0 Å². The minimum atomic E-state index is 0.277. The van der Waals surface area contributed by atoms with Crippen LogP contribution in [0, 0.1) is 0 Å². The third kappa shape index (κ3) is 5.11. The Hall–Kier alpha value is -0.870. The molecule has 1 atom stereocenters. The molecule has 0 fully saturated rings. The Balaban J connectivity index is 2.14. The van der Waals surface area contributed by atoms with Crippen LogP contribution in [0.2, 0.25) is 0 Å². The molecular formula is C17H27NO2S. The Morgan fingerprint density at radius 3 is 2.57 bits per heavy atom. The lowest BCUT2D eigenvalue weighted by Gasteiger charge is -2.24. The van der Waals surface area contributed by atoms with Crippen molar-refractivity contribution >= 4 is 11.8 Å². The fraction of sp³-hybridized carbons (Fsp3) is 0.647. The normalized spacial score (nSPS) is 16.4. The third-order valence-electron chi connectivity index (χ3n) is 3.31. The topological polar surface area (TPSA) is 30.5 Å². The van der Waals surface area contributed by atoms with Gasteiger partial charge in [0.2, 0.25) is 0 Å². The smallest absolute Gasteiger partial charge is 0.161 e. The first-order valence-corrected chi connectivity index (χ1v) is 8.75. The van der Waals surface area contributed by atoms with E-state index in [0.717, 1.165) is 43.4 Å². The average Bonchev–Trinajstić information content (AvgIpc) is 2.66. The molecule has 0 radical (unpaired) electrons. The van der Waals surface area contributed by atoms with Crippen molar-refractivity contribution < 1.29 is 9.47 Å². The minimum Gasteiger partial charge on any atom is -0.490 e. The van der Waals surface area contributed by atoms with Gasteiger partial charge in [0.1, 0.15) is 0 Å². The summed E-state index contributed by atoms with van der Waals surface area (Å²) in [5, 5.41) is 3.58. The van der Waals surface area contributed by atoms with Gasteiger partial charge >= 0.3 is 0 Å². The maximum absolute atomic E-state index is 5.80. The highest BCUT2D eigenvalue weighted by Gasteiger charge is 2.19. The first kappa shape index (κ1) is 16.5. The Kier molecular flexibility index (Phi) is 5.82. The van der Waals surface area contributed by atoms with Crippen molar-refractivity contribution in [3.8, 4) is 11.5 Å². The molecule has 2 rings (SSSR count). The van der Waals surface area contributed by atoms with Crippen LogP contribution >= 0.6 is 11.8 Å². The number of thioether (sulfide) groups is 1. The van der Waals surface area contributed by atoms with E-state index in [1.807, 2.05) is 17.8 Å². The van der Waals surface area contributed by atoms with Crippen LogP contribution in [-0.2, 0) is 0 Å². The zero-order valence-electron chi connectivity index (χ0n) is 13.6. The molecule has 0 saturated carbocycles. The molecule has 1 aromatic carbocycles. The van der Waals surface area contributed by atoms with Crippen LogP contribution in [0.25, 0.3) is 0 Å². The Bertz CT molecular complexity index is 457. The van der Waals surface area contributed by atoms with E-state index < -0.39 is 0 Å². The quantitative estimate of drug-likeness (QED) is 0.889. The number of benzene rings is 1. The summed E-state index contributed by atoms with van der Waals surface area (Å²) in [7, 11) is 0. The van der Waals surface area contributed by atoms with Crippen molar-refractivity contribution in [3.05, 3.63) is 23.8 Å². The third-order valence-corrected chi connectivity index (χ3v) is 4.67. The fourth-order valence-corrected chi connectivity index (χ4v) is 3.23. The molecule has 0 aromatic heterocycles. The highest BCUT2D eigenvalue weighted by molar-refractivity contribution is 8.00. The van der Waals surface area contributed by atoms with Crippen molar-refractivity contribution in [3.63, 3.8) is 0 Å². The molecule has 0 spiro atoms. The van der Waals surface area contributed by atoms with Crippen molar-refractivity contribution in [2.24, 2.45) is 0 Å². The number of hydrogen-bond donors (Lipinski definition) is 1. The van der Waals surface area contributed by atoms with Crippen LogP contribution in [0.3, 0.4) is 0 Å². The second kappa shape index (κ2) is 7.41. The van der Waals surface area contributed by atoms with Gasteiger partial charge in [0.05, 0.1) is 13.2 Å². The zero-order chi connectivity index (χ0) is 15.3. The van der Waals surface area contributed by atoms with Crippen LogP contribution in [0.5, 0.6) is 11.5 Å². The fourth-order valence-electron chi connectivity index (χ4n) is 2.25. The van der Waals surface area contributed by atoms with Crippen LogP contribution in [0.15, 0.2) is 18.2 Å².